The van der Waals surface area contributed by atoms with Gasteiger partial charge in [-0.25, -0.2) is 4.98 Å². The molecule has 0 saturated carbocycles. The Morgan fingerprint density at radius 1 is 1.62 bits per heavy atom. The molecule has 1 aliphatic rings. The van der Waals surface area contributed by atoms with Crippen LogP contribution in [0.2, 0.25) is 5.02 Å². The molecule has 0 aliphatic carbocycles. The highest BCUT2D eigenvalue weighted by Gasteiger charge is 2.35. The molecule has 2 rings (SSSR count). The predicted octanol–water partition coefficient (Wildman–Crippen LogP) is 2.55. The van der Waals surface area contributed by atoms with Gasteiger partial charge in [0.1, 0.15) is 11.9 Å². The van der Waals surface area contributed by atoms with Crippen molar-refractivity contribution >= 4 is 17.4 Å². The van der Waals surface area contributed by atoms with Crippen LogP contribution < -0.4 is 4.90 Å². The zero-order valence-electron chi connectivity index (χ0n) is 12.8. The van der Waals surface area contributed by atoms with Crippen molar-refractivity contribution in [1.29, 1.82) is 5.26 Å². The third-order valence-electron chi connectivity index (χ3n) is 3.50. The second-order valence-electron chi connectivity index (χ2n) is 5.88. The Balaban J connectivity index is 2.37. The fraction of sp³-hybridized carbons (Fsp3) is 0.600. The molecule has 0 amide bonds. The molecule has 1 atom stereocenters. The van der Waals surface area contributed by atoms with Crippen LogP contribution in [-0.4, -0.2) is 43.5 Å². The summed E-state index contributed by atoms with van der Waals surface area (Å²) in [6.45, 7) is 7.70. The Bertz CT molecular complexity index is 569. The molecular formula is C15H20ClN3O2. The van der Waals surface area contributed by atoms with E-state index in [1.807, 2.05) is 20.8 Å². The first-order valence-electron chi connectivity index (χ1n) is 6.85. The Morgan fingerprint density at radius 2 is 2.33 bits per heavy atom. The molecule has 1 aromatic rings. The first-order valence-corrected chi connectivity index (χ1v) is 7.22. The van der Waals surface area contributed by atoms with Crippen molar-refractivity contribution in [2.45, 2.75) is 32.5 Å². The van der Waals surface area contributed by atoms with Crippen molar-refractivity contribution in [2.75, 3.05) is 31.7 Å². The highest BCUT2D eigenvalue weighted by molar-refractivity contribution is 6.31. The summed E-state index contributed by atoms with van der Waals surface area (Å²) in [4.78, 5) is 6.45. The maximum atomic E-state index is 9.42. The van der Waals surface area contributed by atoms with E-state index < -0.39 is 0 Å². The second kappa shape index (κ2) is 6.18. The standard InChI is InChI=1S/C15H20ClN3O2/c1-10-12(5-17)14(18-6-13(10)16)19-7-11(8-20-4)21-15(2,3)9-19/h6,11H,7-9H2,1-4H3. The van der Waals surface area contributed by atoms with E-state index in [9.17, 15) is 5.26 Å². The van der Waals surface area contributed by atoms with E-state index in [0.717, 1.165) is 5.56 Å². The zero-order chi connectivity index (χ0) is 15.6. The van der Waals surface area contributed by atoms with Crippen LogP contribution in [0.3, 0.4) is 0 Å². The molecular weight excluding hydrogens is 290 g/mol. The Hall–Kier alpha value is -1.35. The number of morpholine rings is 1. The maximum Gasteiger partial charge on any atom is 0.147 e. The molecule has 1 aromatic heterocycles. The minimum Gasteiger partial charge on any atom is -0.382 e. The lowest BCUT2D eigenvalue weighted by molar-refractivity contribution is -0.106. The Kier molecular flexibility index (Phi) is 4.72. The SMILES string of the molecule is COCC1CN(c2ncc(Cl)c(C)c2C#N)CC(C)(C)O1. The van der Waals surface area contributed by atoms with Gasteiger partial charge in [0.2, 0.25) is 0 Å². The van der Waals surface area contributed by atoms with Crippen LogP contribution in [0.15, 0.2) is 6.20 Å². The number of ether oxygens (including phenoxy) is 2. The van der Waals surface area contributed by atoms with Crippen LogP contribution >= 0.6 is 11.6 Å². The smallest absolute Gasteiger partial charge is 0.147 e. The first-order chi connectivity index (χ1) is 9.88. The van der Waals surface area contributed by atoms with Crippen LogP contribution in [0.5, 0.6) is 0 Å². The number of rotatable bonds is 3. The van der Waals surface area contributed by atoms with Crippen molar-refractivity contribution in [3.8, 4) is 6.07 Å². The highest BCUT2D eigenvalue weighted by atomic mass is 35.5. The maximum absolute atomic E-state index is 9.42. The number of hydrogen-bond donors (Lipinski definition) is 0. The van der Waals surface area contributed by atoms with Crippen molar-refractivity contribution in [3.05, 3.63) is 22.3 Å². The summed E-state index contributed by atoms with van der Waals surface area (Å²) in [7, 11) is 1.65. The van der Waals surface area contributed by atoms with E-state index in [2.05, 4.69) is 16.0 Å². The van der Waals surface area contributed by atoms with E-state index in [4.69, 9.17) is 21.1 Å². The molecule has 6 heteroatoms. The van der Waals surface area contributed by atoms with Crippen molar-refractivity contribution in [1.82, 2.24) is 4.98 Å². The normalized spacial score (nSPS) is 21.1. The summed E-state index contributed by atoms with van der Waals surface area (Å²) >= 11 is 6.06. The molecule has 0 spiro atoms. The number of methoxy groups -OCH3 is 1. The highest BCUT2D eigenvalue weighted by Crippen LogP contribution is 2.30. The molecule has 0 bridgehead atoms. The minimum atomic E-state index is -0.330. The zero-order valence-corrected chi connectivity index (χ0v) is 13.6. The number of aromatic nitrogens is 1. The van der Waals surface area contributed by atoms with Gasteiger partial charge in [-0.15, -0.1) is 0 Å². The van der Waals surface area contributed by atoms with Gasteiger partial charge in [-0.05, 0) is 26.3 Å². The lowest BCUT2D eigenvalue weighted by Gasteiger charge is -2.43. The van der Waals surface area contributed by atoms with Crippen LogP contribution in [0, 0.1) is 18.3 Å². The molecule has 1 aliphatic heterocycles. The lowest BCUT2D eigenvalue weighted by Crippen LogP contribution is -2.54. The minimum absolute atomic E-state index is 0.0527. The fourth-order valence-electron chi connectivity index (χ4n) is 2.67. The molecule has 5 nitrogen and oxygen atoms in total. The number of pyridine rings is 1. The van der Waals surface area contributed by atoms with Crippen LogP contribution in [0.1, 0.15) is 25.0 Å². The average molecular weight is 310 g/mol. The van der Waals surface area contributed by atoms with Gasteiger partial charge in [0.05, 0.1) is 28.9 Å². The summed E-state index contributed by atoms with van der Waals surface area (Å²) in [6, 6.07) is 2.22. The number of nitrogens with zero attached hydrogens (tertiary/aromatic N) is 3. The number of halogens is 1. The summed E-state index contributed by atoms with van der Waals surface area (Å²) in [6.07, 6.45) is 1.55. The van der Waals surface area contributed by atoms with Crippen molar-refractivity contribution in [2.24, 2.45) is 0 Å². The largest absolute Gasteiger partial charge is 0.382 e. The van der Waals surface area contributed by atoms with Gasteiger partial charge in [0.15, 0.2) is 0 Å². The molecule has 0 aromatic carbocycles. The molecule has 21 heavy (non-hydrogen) atoms. The van der Waals surface area contributed by atoms with Gasteiger partial charge >= 0.3 is 0 Å². The average Bonchev–Trinajstić information content (AvgIpc) is 2.40. The lowest BCUT2D eigenvalue weighted by atomic mass is 10.0. The van der Waals surface area contributed by atoms with Gasteiger partial charge in [-0.3, -0.25) is 0 Å². The van der Waals surface area contributed by atoms with E-state index >= 15 is 0 Å². The number of anilines is 1. The molecule has 114 valence electrons. The summed E-state index contributed by atoms with van der Waals surface area (Å²) in [5.41, 5.74) is 0.955. The molecule has 1 fully saturated rings. The van der Waals surface area contributed by atoms with E-state index in [0.29, 0.717) is 36.1 Å². The topological polar surface area (TPSA) is 58.4 Å². The van der Waals surface area contributed by atoms with E-state index in [1.54, 1.807) is 13.3 Å². The van der Waals surface area contributed by atoms with Gasteiger partial charge < -0.3 is 14.4 Å². The van der Waals surface area contributed by atoms with Crippen LogP contribution in [0.25, 0.3) is 0 Å². The molecule has 0 N–H and O–H groups in total. The molecule has 1 unspecified atom stereocenters. The third-order valence-corrected chi connectivity index (χ3v) is 3.88. The van der Waals surface area contributed by atoms with Gasteiger partial charge in [0.25, 0.3) is 0 Å². The number of nitriles is 1. The monoisotopic (exact) mass is 309 g/mol. The Morgan fingerprint density at radius 3 is 2.95 bits per heavy atom. The second-order valence-corrected chi connectivity index (χ2v) is 6.28. The first kappa shape index (κ1) is 16.0. The summed E-state index contributed by atoms with van der Waals surface area (Å²) in [5.74, 6) is 0.664. The molecule has 0 radical (unpaired) electrons. The quantitative estimate of drug-likeness (QED) is 0.859. The summed E-state index contributed by atoms with van der Waals surface area (Å²) in [5, 5.41) is 9.93. The Labute approximate surface area is 130 Å². The van der Waals surface area contributed by atoms with Gasteiger partial charge in [-0.1, -0.05) is 11.6 Å². The molecule has 2 heterocycles. The molecule has 1 saturated heterocycles. The predicted molar refractivity (Wildman–Crippen MR) is 81.7 cm³/mol. The van der Waals surface area contributed by atoms with Crippen molar-refractivity contribution in [3.63, 3.8) is 0 Å². The number of hydrogen-bond acceptors (Lipinski definition) is 5. The van der Waals surface area contributed by atoms with Crippen molar-refractivity contribution < 1.29 is 9.47 Å². The van der Waals surface area contributed by atoms with Crippen LogP contribution in [-0.2, 0) is 9.47 Å². The van der Waals surface area contributed by atoms with E-state index in [-0.39, 0.29) is 11.7 Å². The van der Waals surface area contributed by atoms with Gasteiger partial charge in [-0.2, -0.15) is 5.26 Å². The van der Waals surface area contributed by atoms with E-state index in [1.165, 1.54) is 0 Å². The van der Waals surface area contributed by atoms with Gasteiger partial charge in [0, 0.05) is 26.4 Å². The van der Waals surface area contributed by atoms with Crippen LogP contribution in [0.4, 0.5) is 5.82 Å². The fourth-order valence-corrected chi connectivity index (χ4v) is 2.81. The third kappa shape index (κ3) is 3.46. The summed E-state index contributed by atoms with van der Waals surface area (Å²) < 4.78 is 11.2.